The Bertz CT molecular complexity index is 816. The Kier molecular flexibility index (Phi) is 4.88. The molecule has 25 heavy (non-hydrogen) atoms. The highest BCUT2D eigenvalue weighted by molar-refractivity contribution is 5.94. The number of aromatic nitrogens is 2. The molecule has 0 bridgehead atoms. The Morgan fingerprint density at radius 1 is 1.36 bits per heavy atom. The lowest BCUT2D eigenvalue weighted by molar-refractivity contribution is 0.0715. The van der Waals surface area contributed by atoms with Crippen molar-refractivity contribution in [3.63, 3.8) is 0 Å². The van der Waals surface area contributed by atoms with Gasteiger partial charge >= 0.3 is 0 Å². The molecule has 1 atom stereocenters. The van der Waals surface area contributed by atoms with Crippen molar-refractivity contribution in [2.75, 3.05) is 25.0 Å². The number of carbonyl (C=O) groups excluding carboxylic acids is 1. The van der Waals surface area contributed by atoms with Crippen LogP contribution in [0.15, 0.2) is 35.3 Å². The molecule has 1 unspecified atom stereocenters. The van der Waals surface area contributed by atoms with Gasteiger partial charge in [-0.15, -0.1) is 0 Å². The average molecular weight is 340 g/mol. The summed E-state index contributed by atoms with van der Waals surface area (Å²) in [6, 6.07) is 7.59. The van der Waals surface area contributed by atoms with Crippen LogP contribution in [0.1, 0.15) is 34.5 Å². The van der Waals surface area contributed by atoms with Crippen molar-refractivity contribution >= 4 is 11.7 Å². The van der Waals surface area contributed by atoms with Crippen molar-refractivity contribution in [1.29, 1.82) is 0 Å². The van der Waals surface area contributed by atoms with Crippen LogP contribution in [0.3, 0.4) is 0 Å². The summed E-state index contributed by atoms with van der Waals surface area (Å²) in [7, 11) is 1.78. The Balaban J connectivity index is 1.78. The van der Waals surface area contributed by atoms with Crippen LogP contribution < -0.4 is 10.5 Å². The number of aryl methyl sites for hydroxylation is 2. The van der Waals surface area contributed by atoms with Gasteiger partial charge < -0.3 is 14.8 Å². The number of carbonyl (C=O) groups is 1. The minimum atomic E-state index is -0.322. The number of rotatable bonds is 3. The summed E-state index contributed by atoms with van der Waals surface area (Å²) in [6.07, 6.45) is 3.69. The molecule has 1 fully saturated rings. The fourth-order valence-electron chi connectivity index (χ4n) is 3.26. The van der Waals surface area contributed by atoms with E-state index in [2.05, 4.69) is 14.9 Å². The molecule has 0 radical (unpaired) electrons. The second-order valence-electron chi connectivity index (χ2n) is 6.67. The van der Waals surface area contributed by atoms with Crippen LogP contribution in [0.2, 0.25) is 0 Å². The van der Waals surface area contributed by atoms with Gasteiger partial charge in [-0.1, -0.05) is 6.07 Å². The van der Waals surface area contributed by atoms with E-state index < -0.39 is 0 Å². The molecule has 6 heteroatoms. The quantitative estimate of drug-likeness (QED) is 0.929. The fourth-order valence-corrected chi connectivity index (χ4v) is 3.26. The molecular formula is C19H24N4O2. The SMILES string of the molecule is Cc1cc(C(=O)N(C)C2CCCN(c3ccccn3)C2)c(=O)[nH]c1C. The minimum Gasteiger partial charge on any atom is -0.355 e. The lowest BCUT2D eigenvalue weighted by atomic mass is 10.0. The van der Waals surface area contributed by atoms with Crippen LogP contribution >= 0.6 is 0 Å². The molecule has 1 amide bonds. The third-order valence-corrected chi connectivity index (χ3v) is 4.97. The van der Waals surface area contributed by atoms with Gasteiger partial charge in [0.1, 0.15) is 11.4 Å². The zero-order valence-electron chi connectivity index (χ0n) is 15.0. The predicted octanol–water partition coefficient (Wildman–Crippen LogP) is 2.13. The van der Waals surface area contributed by atoms with E-state index in [1.807, 2.05) is 32.0 Å². The normalized spacial score (nSPS) is 17.4. The van der Waals surface area contributed by atoms with Crippen molar-refractivity contribution in [3.05, 3.63) is 57.6 Å². The zero-order valence-corrected chi connectivity index (χ0v) is 15.0. The van der Waals surface area contributed by atoms with Crippen molar-refractivity contribution in [2.24, 2.45) is 0 Å². The van der Waals surface area contributed by atoms with Crippen LogP contribution in [-0.4, -0.2) is 47.0 Å². The molecule has 1 saturated heterocycles. The van der Waals surface area contributed by atoms with Crippen molar-refractivity contribution in [2.45, 2.75) is 32.7 Å². The first-order valence-electron chi connectivity index (χ1n) is 8.61. The number of nitrogens with one attached hydrogen (secondary N) is 1. The Hall–Kier alpha value is -2.63. The molecule has 0 aliphatic carbocycles. The number of amides is 1. The van der Waals surface area contributed by atoms with Crippen molar-refractivity contribution < 1.29 is 4.79 Å². The van der Waals surface area contributed by atoms with E-state index >= 15 is 0 Å². The Labute approximate surface area is 147 Å². The van der Waals surface area contributed by atoms with Crippen LogP contribution in [0.4, 0.5) is 5.82 Å². The predicted molar refractivity (Wildman–Crippen MR) is 98.1 cm³/mol. The van der Waals surface area contributed by atoms with E-state index in [-0.39, 0.29) is 23.1 Å². The van der Waals surface area contributed by atoms with Crippen LogP contribution in [0, 0.1) is 13.8 Å². The summed E-state index contributed by atoms with van der Waals surface area (Å²) in [6.45, 7) is 5.38. The first-order valence-corrected chi connectivity index (χ1v) is 8.61. The van der Waals surface area contributed by atoms with Gasteiger partial charge in [0, 0.05) is 38.1 Å². The molecule has 3 heterocycles. The van der Waals surface area contributed by atoms with Gasteiger partial charge in [0.25, 0.3) is 11.5 Å². The highest BCUT2D eigenvalue weighted by Crippen LogP contribution is 2.21. The topological polar surface area (TPSA) is 69.3 Å². The lowest BCUT2D eigenvalue weighted by Gasteiger charge is -2.38. The first kappa shape index (κ1) is 17.2. The standard InChI is InChI=1S/C19H24N4O2/c1-13-11-16(18(24)21-14(13)2)19(25)22(3)15-7-6-10-23(12-15)17-8-4-5-9-20-17/h4-5,8-9,11,15H,6-7,10,12H2,1-3H3,(H,21,24). The fraction of sp³-hybridized carbons (Fsp3) is 0.421. The number of likely N-dealkylation sites (N-methyl/N-ethyl adjacent to an activating group) is 1. The van der Waals surface area contributed by atoms with E-state index in [1.54, 1.807) is 24.2 Å². The monoisotopic (exact) mass is 340 g/mol. The molecular weight excluding hydrogens is 316 g/mol. The zero-order chi connectivity index (χ0) is 18.0. The van der Waals surface area contributed by atoms with Gasteiger partial charge in [-0.3, -0.25) is 9.59 Å². The van der Waals surface area contributed by atoms with Gasteiger partial charge in [-0.05, 0) is 50.5 Å². The molecule has 1 N–H and O–H groups in total. The number of piperidine rings is 1. The summed E-state index contributed by atoms with van der Waals surface area (Å²) in [5, 5.41) is 0. The molecule has 0 saturated carbocycles. The van der Waals surface area contributed by atoms with E-state index in [0.29, 0.717) is 0 Å². The lowest BCUT2D eigenvalue weighted by Crippen LogP contribution is -2.49. The van der Waals surface area contributed by atoms with Gasteiger partial charge in [0.05, 0.1) is 0 Å². The largest absolute Gasteiger partial charge is 0.355 e. The van der Waals surface area contributed by atoms with E-state index in [9.17, 15) is 9.59 Å². The van der Waals surface area contributed by atoms with Gasteiger partial charge in [-0.25, -0.2) is 4.98 Å². The molecule has 3 rings (SSSR count). The smallest absolute Gasteiger partial charge is 0.261 e. The maximum atomic E-state index is 12.8. The molecule has 2 aromatic heterocycles. The number of hydrogen-bond acceptors (Lipinski definition) is 4. The number of aromatic amines is 1. The number of anilines is 1. The average Bonchev–Trinajstić information content (AvgIpc) is 2.64. The third-order valence-electron chi connectivity index (χ3n) is 4.97. The minimum absolute atomic E-state index is 0.0595. The number of pyridine rings is 2. The van der Waals surface area contributed by atoms with Crippen LogP contribution in [0.25, 0.3) is 0 Å². The highest BCUT2D eigenvalue weighted by atomic mass is 16.2. The maximum Gasteiger partial charge on any atom is 0.261 e. The molecule has 2 aromatic rings. The first-order chi connectivity index (χ1) is 12.0. The summed E-state index contributed by atoms with van der Waals surface area (Å²) >= 11 is 0. The molecule has 132 valence electrons. The molecule has 0 aromatic carbocycles. The van der Waals surface area contributed by atoms with E-state index in [0.717, 1.165) is 43.0 Å². The maximum absolute atomic E-state index is 12.8. The number of hydrogen-bond donors (Lipinski definition) is 1. The Morgan fingerprint density at radius 3 is 2.88 bits per heavy atom. The molecule has 6 nitrogen and oxygen atoms in total. The van der Waals surface area contributed by atoms with Gasteiger partial charge in [-0.2, -0.15) is 0 Å². The summed E-state index contributed by atoms with van der Waals surface area (Å²) in [5.74, 6) is 0.703. The number of nitrogens with zero attached hydrogens (tertiary/aromatic N) is 3. The highest BCUT2D eigenvalue weighted by Gasteiger charge is 2.28. The second kappa shape index (κ2) is 7.09. The Morgan fingerprint density at radius 2 is 2.16 bits per heavy atom. The summed E-state index contributed by atoms with van der Waals surface area (Å²) in [5.41, 5.74) is 1.59. The van der Waals surface area contributed by atoms with E-state index in [1.165, 1.54) is 0 Å². The molecule has 0 spiro atoms. The molecule has 1 aliphatic heterocycles. The van der Waals surface area contributed by atoms with Crippen molar-refractivity contribution in [3.8, 4) is 0 Å². The summed E-state index contributed by atoms with van der Waals surface area (Å²) in [4.78, 5) is 36.1. The molecule has 1 aliphatic rings. The van der Waals surface area contributed by atoms with Gasteiger partial charge in [0.2, 0.25) is 0 Å². The third kappa shape index (κ3) is 3.57. The number of H-pyrrole nitrogens is 1. The van der Waals surface area contributed by atoms with Crippen molar-refractivity contribution in [1.82, 2.24) is 14.9 Å². The van der Waals surface area contributed by atoms with E-state index in [4.69, 9.17) is 0 Å². The second-order valence-corrected chi connectivity index (χ2v) is 6.67. The van der Waals surface area contributed by atoms with Crippen LogP contribution in [0.5, 0.6) is 0 Å². The van der Waals surface area contributed by atoms with Crippen LogP contribution in [-0.2, 0) is 0 Å². The summed E-state index contributed by atoms with van der Waals surface area (Å²) < 4.78 is 0. The van der Waals surface area contributed by atoms with Gasteiger partial charge in [0.15, 0.2) is 0 Å².